The number of nitrogens with one attached hydrogen (secondary N) is 2. The lowest BCUT2D eigenvalue weighted by Gasteiger charge is -2.40. The second-order valence-corrected chi connectivity index (χ2v) is 21.1. The summed E-state index contributed by atoms with van der Waals surface area (Å²) in [6.45, 7) is 6.87. The number of rotatable bonds is 7. The Labute approximate surface area is 345 Å². The Bertz CT molecular complexity index is 2200. The van der Waals surface area contributed by atoms with Crippen molar-refractivity contribution in [2.45, 2.75) is 119 Å². The van der Waals surface area contributed by atoms with Crippen LogP contribution in [0.5, 0.6) is 11.6 Å². The van der Waals surface area contributed by atoms with Gasteiger partial charge in [-0.3, -0.25) is 24.0 Å². The molecule has 5 fully saturated rings. The summed E-state index contributed by atoms with van der Waals surface area (Å²) in [7, 11) is -2.01. The second kappa shape index (κ2) is 14.5. The maximum atomic E-state index is 15.3. The smallest absolute Gasteiger partial charge is 0.408 e. The molecule has 1 aromatic heterocycles. The van der Waals surface area contributed by atoms with Crippen molar-refractivity contribution in [3.8, 4) is 11.6 Å². The molecule has 2 unspecified atom stereocenters. The van der Waals surface area contributed by atoms with Crippen molar-refractivity contribution in [2.24, 2.45) is 29.6 Å². The average Bonchev–Trinajstić information content (AvgIpc) is 4.15. The van der Waals surface area contributed by atoms with E-state index in [9.17, 15) is 27.9 Å². The molecule has 1 aromatic carbocycles. The van der Waals surface area contributed by atoms with E-state index in [2.05, 4.69) is 26.8 Å². The number of hydrogen-bond donors (Lipinski definition) is 3. The minimum Gasteiger partial charge on any atom is -0.489 e. The molecule has 9 rings (SSSR count). The van der Waals surface area contributed by atoms with E-state index in [0.29, 0.717) is 68.2 Å². The first-order chi connectivity index (χ1) is 28.1. The number of fused-ring (bicyclic) bond motifs is 6. The van der Waals surface area contributed by atoms with Gasteiger partial charge in [0.15, 0.2) is 5.75 Å². The lowest BCUT2D eigenvalue weighted by atomic mass is 9.86. The molecule has 59 heavy (non-hydrogen) atoms. The average molecular weight is 833 g/mol. The predicted molar refractivity (Wildman–Crippen MR) is 218 cm³/mol. The molecule has 15 nitrogen and oxygen atoms in total. The lowest BCUT2D eigenvalue weighted by Crippen LogP contribution is -2.61. The maximum Gasteiger partial charge on any atom is 0.408 e. The Morgan fingerprint density at radius 1 is 1.07 bits per heavy atom. The number of pyridine rings is 1. The molecule has 1 saturated heterocycles. The van der Waals surface area contributed by atoms with E-state index in [0.717, 1.165) is 36.2 Å². The van der Waals surface area contributed by atoms with Crippen LogP contribution in [0, 0.1) is 29.6 Å². The van der Waals surface area contributed by atoms with Crippen LogP contribution in [0.3, 0.4) is 0 Å². The van der Waals surface area contributed by atoms with Crippen LogP contribution in [0.15, 0.2) is 36.5 Å². The predicted octanol–water partition coefficient (Wildman–Crippen LogP) is 4.44. The molecular weight excluding hydrogens is 777 g/mol. The molecule has 3 N–H and O–H groups in total. The molecule has 2 aromatic rings. The third-order valence-electron chi connectivity index (χ3n) is 14.5. The van der Waals surface area contributed by atoms with Crippen LogP contribution in [-0.2, 0) is 24.4 Å². The first kappa shape index (κ1) is 39.8. The molecule has 7 aliphatic rings. The zero-order chi connectivity index (χ0) is 41.6. The number of benzene rings is 1. The van der Waals surface area contributed by atoms with Gasteiger partial charge in [-0.05, 0) is 107 Å². The number of allylic oxidation sites excluding steroid dienone is 1. The van der Waals surface area contributed by atoms with Crippen molar-refractivity contribution >= 4 is 50.3 Å². The number of likely N-dealkylation sites (N-methyl/N-ethyl adjacent to an activating group) is 1. The summed E-state index contributed by atoms with van der Waals surface area (Å²) < 4.78 is 40.6. The maximum absolute atomic E-state index is 15.3. The van der Waals surface area contributed by atoms with E-state index in [-0.39, 0.29) is 37.3 Å². The van der Waals surface area contributed by atoms with E-state index in [4.69, 9.17) is 9.47 Å². The van der Waals surface area contributed by atoms with Gasteiger partial charge in [-0.15, -0.1) is 0 Å². The summed E-state index contributed by atoms with van der Waals surface area (Å²) in [6.07, 6.45) is 9.24. The molecule has 0 radical (unpaired) electrons. The number of aromatic nitrogens is 1. The SMILES string of the molecule is C[C@H]1CC/C=C\[C@@H]2C[C@@]2(C(=O)NS(=O)(=O)C2(C)CC2)NC(=O)[C@@H]2C[C@@H](Oc3nccc4c5c(ccc34)N(C)CCO5)CN2C(=O)[C@@H](N(C(=O)O)C2CC3C[C@H]3C2)[C@H](C)C1. The molecule has 10 atom stereocenters. The molecule has 4 amide bonds. The van der Waals surface area contributed by atoms with E-state index in [1.807, 2.05) is 44.3 Å². The van der Waals surface area contributed by atoms with Crippen LogP contribution >= 0.6 is 0 Å². The molecular formula is C43H56N6O9S. The number of nitrogens with zero attached hydrogens (tertiary/aromatic N) is 4. The van der Waals surface area contributed by atoms with E-state index >= 15 is 4.79 Å². The number of carbonyl (C=O) groups excluding carboxylic acids is 3. The fourth-order valence-corrected chi connectivity index (χ4v) is 11.8. The van der Waals surface area contributed by atoms with Gasteiger partial charge in [0, 0.05) is 42.4 Å². The Morgan fingerprint density at radius 2 is 1.83 bits per heavy atom. The summed E-state index contributed by atoms with van der Waals surface area (Å²) >= 11 is 0. The third kappa shape index (κ3) is 7.16. The van der Waals surface area contributed by atoms with Crippen LogP contribution in [0.2, 0.25) is 0 Å². The van der Waals surface area contributed by atoms with Gasteiger partial charge in [-0.1, -0.05) is 26.0 Å². The molecule has 4 heterocycles. The number of hydrogen-bond acceptors (Lipinski definition) is 10. The fourth-order valence-electron chi connectivity index (χ4n) is 10.5. The summed E-state index contributed by atoms with van der Waals surface area (Å²) in [5.74, 6) is -0.628. The van der Waals surface area contributed by atoms with Crippen LogP contribution < -0.4 is 24.4 Å². The first-order valence-corrected chi connectivity index (χ1v) is 22.9. The monoisotopic (exact) mass is 832 g/mol. The third-order valence-corrected chi connectivity index (χ3v) is 16.7. The highest BCUT2D eigenvalue weighted by Gasteiger charge is 2.63. The zero-order valence-electron chi connectivity index (χ0n) is 34.3. The number of carbonyl (C=O) groups is 4. The molecule has 0 bridgehead atoms. The fraction of sp³-hybridized carbons (Fsp3) is 0.651. The zero-order valence-corrected chi connectivity index (χ0v) is 35.1. The highest BCUT2D eigenvalue weighted by molar-refractivity contribution is 7.91. The highest BCUT2D eigenvalue weighted by Crippen LogP contribution is 2.54. The van der Waals surface area contributed by atoms with Crippen LogP contribution in [0.1, 0.15) is 85.0 Å². The lowest BCUT2D eigenvalue weighted by molar-refractivity contribution is -0.145. The summed E-state index contributed by atoms with van der Waals surface area (Å²) in [5, 5.41) is 15.3. The summed E-state index contributed by atoms with van der Waals surface area (Å²) in [6, 6.07) is 3.23. The van der Waals surface area contributed by atoms with Crippen molar-refractivity contribution < 1.29 is 42.2 Å². The molecule has 16 heteroatoms. The van der Waals surface area contributed by atoms with Crippen LogP contribution in [0.4, 0.5) is 10.5 Å². The van der Waals surface area contributed by atoms with Crippen LogP contribution in [0.25, 0.3) is 10.8 Å². The Hall–Kier alpha value is -4.60. The van der Waals surface area contributed by atoms with E-state index < -0.39 is 68.2 Å². The molecule has 4 saturated carbocycles. The van der Waals surface area contributed by atoms with Crippen molar-refractivity contribution in [3.05, 3.63) is 36.5 Å². The summed E-state index contributed by atoms with van der Waals surface area (Å²) in [5.41, 5.74) is -0.600. The topological polar surface area (TPSA) is 188 Å². The molecule has 3 aliphatic heterocycles. The van der Waals surface area contributed by atoms with Crippen molar-refractivity contribution in [1.29, 1.82) is 0 Å². The number of amides is 4. The van der Waals surface area contributed by atoms with Crippen molar-refractivity contribution in [2.75, 3.05) is 31.6 Å². The number of sulfonamides is 1. The van der Waals surface area contributed by atoms with Crippen molar-refractivity contribution in [1.82, 2.24) is 24.8 Å². The van der Waals surface area contributed by atoms with Gasteiger partial charge < -0.3 is 29.7 Å². The van der Waals surface area contributed by atoms with Crippen molar-refractivity contribution in [3.63, 3.8) is 0 Å². The Kier molecular flexibility index (Phi) is 9.82. The minimum atomic E-state index is -4.01. The van der Waals surface area contributed by atoms with E-state index in [1.54, 1.807) is 13.1 Å². The first-order valence-electron chi connectivity index (χ1n) is 21.4. The molecule has 4 aliphatic carbocycles. The van der Waals surface area contributed by atoms with Gasteiger partial charge in [0.25, 0.3) is 5.91 Å². The van der Waals surface area contributed by atoms with Gasteiger partial charge >= 0.3 is 6.09 Å². The standard InChI is InChI=1S/C43H56N6O9S/c1-24-7-5-6-8-28-22-43(28,40(52)46-59(55,56)42(3)12-13-42)45-37(50)34-21-30(58-38-32-9-10-33-36(31(32)11-14-44-38)57-16-15-47(33)4)23-48(34)39(51)35(25(2)17-24)49(41(53)54)29-19-26-18-27(26)20-29/h6,8-11,14,24-30,34-35H,5,7,12-13,15-23H2,1-4H3,(H,45,50)(H,46,52)(H,53,54)/b8-6-/t24-,25+,26-,27?,28+,29?,30+,34-,35-,43+/m0/s1. The number of ether oxygens (including phenoxy) is 2. The van der Waals surface area contributed by atoms with Gasteiger partial charge in [0.2, 0.25) is 27.7 Å². The molecule has 0 spiro atoms. The minimum absolute atomic E-state index is 0.0312. The van der Waals surface area contributed by atoms with Gasteiger partial charge in [-0.2, -0.15) is 0 Å². The quantitative estimate of drug-likeness (QED) is 0.335. The van der Waals surface area contributed by atoms with Gasteiger partial charge in [0.1, 0.15) is 30.3 Å². The van der Waals surface area contributed by atoms with Crippen LogP contribution in [-0.4, -0.2) is 113 Å². The summed E-state index contributed by atoms with van der Waals surface area (Å²) in [4.78, 5) is 67.0. The van der Waals surface area contributed by atoms with Gasteiger partial charge in [-0.25, -0.2) is 18.2 Å². The van der Waals surface area contributed by atoms with E-state index in [1.165, 1.54) is 9.80 Å². The number of anilines is 1. The second-order valence-electron chi connectivity index (χ2n) is 18.9. The largest absolute Gasteiger partial charge is 0.489 e. The van der Waals surface area contributed by atoms with Gasteiger partial charge in [0.05, 0.1) is 23.5 Å². The Morgan fingerprint density at radius 3 is 2.56 bits per heavy atom. The number of carboxylic acid groups (broad SMARTS) is 1. The molecule has 318 valence electrons. The normalized spacial score (nSPS) is 35.4. The highest BCUT2D eigenvalue weighted by atomic mass is 32.2. The Balaban J connectivity index is 1.07.